The summed E-state index contributed by atoms with van der Waals surface area (Å²) in [6.45, 7) is 2.49. The van der Waals surface area contributed by atoms with Crippen LogP contribution in [0.25, 0.3) is 11.2 Å². The predicted molar refractivity (Wildman–Crippen MR) is 219 cm³/mol. The molecule has 2 amide bonds. The largest absolute Gasteiger partial charge is 0.481 e. The molecule has 0 saturated carbocycles. The predicted octanol–water partition coefficient (Wildman–Crippen LogP) is 2.14. The molecule has 2 aromatic rings. The fourth-order valence-corrected chi connectivity index (χ4v) is 9.09. The molecule has 24 nitrogen and oxygen atoms in total. The number of carbonyl (C=O) groups excluding carboxylic acids is 3. The molecule has 7 atom stereocenters. The Hall–Kier alpha value is -2.96. The summed E-state index contributed by atoms with van der Waals surface area (Å²) in [5.74, 6) is -1.06. The lowest BCUT2D eigenvalue weighted by molar-refractivity contribution is -0.137. The van der Waals surface area contributed by atoms with Crippen molar-refractivity contribution in [3.8, 4) is 0 Å². The van der Waals surface area contributed by atoms with Crippen LogP contribution < -0.4 is 16.4 Å². The van der Waals surface area contributed by atoms with E-state index in [9.17, 15) is 57.9 Å². The molecule has 344 valence electrons. The van der Waals surface area contributed by atoms with Crippen molar-refractivity contribution in [1.82, 2.24) is 30.2 Å². The summed E-state index contributed by atoms with van der Waals surface area (Å²) in [6, 6.07) is 0. The molecule has 2 aromatic heterocycles. The minimum Gasteiger partial charge on any atom is -0.386 e. The van der Waals surface area contributed by atoms with Crippen molar-refractivity contribution in [2.45, 2.75) is 96.4 Å². The first kappa shape index (κ1) is 52.4. The first-order valence-corrected chi connectivity index (χ1v) is 24.4. The number of ether oxygens (including phenoxy) is 1. The van der Waals surface area contributed by atoms with Crippen molar-refractivity contribution in [2.24, 2.45) is 5.41 Å². The van der Waals surface area contributed by atoms with Gasteiger partial charge >= 0.3 is 23.5 Å². The van der Waals surface area contributed by atoms with Crippen molar-refractivity contribution in [3.63, 3.8) is 0 Å². The summed E-state index contributed by atoms with van der Waals surface area (Å²) >= 11 is 1.13. The summed E-state index contributed by atoms with van der Waals surface area (Å²) in [6.07, 6.45) is 6.48. The van der Waals surface area contributed by atoms with Gasteiger partial charge in [-0.05, 0) is 26.2 Å². The maximum absolute atomic E-state index is 12.7. The lowest BCUT2D eigenvalue weighted by Gasteiger charge is -2.30. The zero-order chi connectivity index (χ0) is 45.4. The summed E-state index contributed by atoms with van der Waals surface area (Å²) in [4.78, 5) is 88.0. The lowest BCUT2D eigenvalue weighted by Crippen LogP contribution is -2.46. The second-order valence-corrected chi connectivity index (χ2v) is 19.6. The van der Waals surface area contributed by atoms with Crippen LogP contribution >= 0.6 is 35.2 Å². The van der Waals surface area contributed by atoms with E-state index in [2.05, 4.69) is 40.5 Å². The van der Waals surface area contributed by atoms with Gasteiger partial charge in [0.05, 0.1) is 19.5 Å². The first-order valence-electron chi connectivity index (χ1n) is 18.9. The SMILES string of the molecule is C/C=C/C=C/CCCCCCC(=O)SCCNC(=O)CCNC(=O)[C@H](O)C(C)(C)COP(=O)(O)OP(=O)(O)OC[C@H]1O[C@@H](n2cnc3c(N)ncnc32)[C@H](O)[C@@H]1OP(=O)(O)O. The molecule has 10 N–H and O–H groups in total. The maximum atomic E-state index is 12.7. The van der Waals surface area contributed by atoms with Crippen LogP contribution in [-0.4, -0.2) is 123 Å². The summed E-state index contributed by atoms with van der Waals surface area (Å²) in [5, 5.41) is 26.5. The molecule has 3 heterocycles. The van der Waals surface area contributed by atoms with Gasteiger partial charge in [-0.1, -0.05) is 62.8 Å². The number of phosphoric ester groups is 3. The standard InChI is InChI=1S/C33H54N7O17P3S/c1-4-5-6-7-8-9-10-11-12-13-24(42)61-17-16-35-23(41)14-15-36-31(45)28(44)33(2,3)19-54-60(51,52)57-59(49,50)53-18-22-27(56-58(46,47)48)26(43)32(55-22)40-21-39-25-29(34)37-20-38-30(25)40/h4-7,20-22,26-28,32,43-44H,8-19H2,1-3H3,(H,35,41)(H,36,45)(H,49,50)(H,51,52)(H2,34,37,38)(H2,46,47,48)/b5-4+,7-6+/t22-,26-,27-,28+,32-/m1/s1. The minimum absolute atomic E-state index is 0.0313. The number of allylic oxidation sites excluding steroid dienone is 4. The number of imidazole rings is 1. The quantitative estimate of drug-likeness (QED) is 0.0352. The summed E-state index contributed by atoms with van der Waals surface area (Å²) in [5.41, 5.74) is 4.27. The second-order valence-electron chi connectivity index (χ2n) is 14.2. The second kappa shape index (κ2) is 24.2. The third-order valence-corrected chi connectivity index (χ3v) is 12.7. The van der Waals surface area contributed by atoms with E-state index in [0.717, 1.165) is 61.1 Å². The third kappa shape index (κ3) is 18.0. The number of rotatable bonds is 27. The Bertz CT molecular complexity index is 1980. The Morgan fingerprint density at radius 1 is 1.00 bits per heavy atom. The van der Waals surface area contributed by atoms with Crippen molar-refractivity contribution in [2.75, 3.05) is 37.8 Å². The fourth-order valence-electron chi connectivity index (χ4n) is 5.54. The zero-order valence-electron chi connectivity index (χ0n) is 33.6. The number of anilines is 1. The zero-order valence-corrected chi connectivity index (χ0v) is 37.1. The van der Waals surface area contributed by atoms with E-state index in [1.54, 1.807) is 0 Å². The molecule has 1 saturated heterocycles. The summed E-state index contributed by atoms with van der Waals surface area (Å²) in [7, 11) is -16.4. The number of aromatic nitrogens is 4. The van der Waals surface area contributed by atoms with Gasteiger partial charge in [-0.2, -0.15) is 4.31 Å². The van der Waals surface area contributed by atoms with Gasteiger partial charge in [0.1, 0.15) is 36.3 Å². The molecule has 61 heavy (non-hydrogen) atoms. The first-order chi connectivity index (χ1) is 28.6. The van der Waals surface area contributed by atoms with Crippen molar-refractivity contribution in [1.29, 1.82) is 0 Å². The number of hydrogen-bond acceptors (Lipinski definition) is 18. The molecule has 28 heteroatoms. The molecule has 0 aliphatic carbocycles. The van der Waals surface area contributed by atoms with Gasteiger partial charge in [-0.25, -0.2) is 28.6 Å². The van der Waals surface area contributed by atoms with Crippen LogP contribution in [0.5, 0.6) is 0 Å². The molecular weight excluding hydrogens is 891 g/mol. The van der Waals surface area contributed by atoms with E-state index in [0.29, 0.717) is 12.2 Å². The van der Waals surface area contributed by atoms with Gasteiger partial charge in [0.15, 0.2) is 22.8 Å². The number of nitrogens with two attached hydrogens (primary N) is 1. The van der Waals surface area contributed by atoms with Gasteiger partial charge in [0, 0.05) is 37.1 Å². The number of unbranched alkanes of at least 4 members (excludes halogenated alkanes) is 4. The molecule has 0 aromatic carbocycles. The number of aliphatic hydroxyl groups excluding tert-OH is 2. The van der Waals surface area contributed by atoms with E-state index in [1.807, 2.05) is 25.2 Å². The number of nitrogens with zero attached hydrogens (tertiary/aromatic N) is 4. The van der Waals surface area contributed by atoms with Crippen LogP contribution in [0.3, 0.4) is 0 Å². The fraction of sp³-hybridized carbons (Fsp3) is 0.636. The average Bonchev–Trinajstić information content (AvgIpc) is 3.73. The van der Waals surface area contributed by atoms with Gasteiger partial charge in [-0.15, -0.1) is 0 Å². The van der Waals surface area contributed by atoms with Crippen molar-refractivity contribution >= 4 is 69.1 Å². The maximum Gasteiger partial charge on any atom is 0.481 e. The number of carbonyl (C=O) groups is 3. The van der Waals surface area contributed by atoms with Gasteiger partial charge in [-0.3, -0.25) is 32.5 Å². The highest BCUT2D eigenvalue weighted by molar-refractivity contribution is 8.13. The molecule has 0 bridgehead atoms. The van der Waals surface area contributed by atoms with Crippen LogP contribution in [0, 0.1) is 5.41 Å². The minimum atomic E-state index is -5.57. The number of nitrogen functional groups attached to an aromatic ring is 1. The van der Waals surface area contributed by atoms with Crippen molar-refractivity contribution in [3.05, 3.63) is 37.0 Å². The van der Waals surface area contributed by atoms with Gasteiger partial charge < -0.3 is 50.9 Å². The highest BCUT2D eigenvalue weighted by Gasteiger charge is 2.50. The van der Waals surface area contributed by atoms with E-state index >= 15 is 0 Å². The molecule has 1 aliphatic rings. The van der Waals surface area contributed by atoms with Gasteiger partial charge in [0.2, 0.25) is 11.8 Å². The van der Waals surface area contributed by atoms with Gasteiger partial charge in [0.25, 0.3) is 0 Å². The topological polar surface area (TPSA) is 364 Å². The Morgan fingerprint density at radius 3 is 2.41 bits per heavy atom. The van der Waals surface area contributed by atoms with E-state index < -0.39 is 84.6 Å². The number of thioether (sulfide) groups is 1. The van der Waals surface area contributed by atoms with E-state index in [4.69, 9.17) is 19.5 Å². The van der Waals surface area contributed by atoms with E-state index in [1.165, 1.54) is 13.8 Å². The number of amides is 2. The smallest absolute Gasteiger partial charge is 0.386 e. The number of fused-ring (bicyclic) bond motifs is 1. The van der Waals surface area contributed by atoms with Crippen LogP contribution in [-0.2, 0) is 50.7 Å². The molecule has 2 unspecified atom stereocenters. The molecule has 1 fully saturated rings. The lowest BCUT2D eigenvalue weighted by atomic mass is 9.87. The highest BCUT2D eigenvalue weighted by atomic mass is 32.2. The van der Waals surface area contributed by atoms with Crippen LogP contribution in [0.2, 0.25) is 0 Å². The average molecular weight is 946 g/mol. The Kier molecular flexibility index (Phi) is 20.8. The molecule has 3 rings (SSSR count). The Labute approximate surface area is 355 Å². The Morgan fingerprint density at radius 2 is 1.70 bits per heavy atom. The highest BCUT2D eigenvalue weighted by Crippen LogP contribution is 2.61. The number of phosphoric acid groups is 3. The van der Waals surface area contributed by atoms with Crippen LogP contribution in [0.15, 0.2) is 37.0 Å². The number of nitrogens with one attached hydrogen (secondary N) is 2. The van der Waals surface area contributed by atoms with Crippen LogP contribution in [0.1, 0.15) is 71.9 Å². The molecule has 0 radical (unpaired) electrons. The number of hydrogen-bond donors (Lipinski definition) is 9. The summed E-state index contributed by atoms with van der Waals surface area (Å²) < 4.78 is 62.3. The van der Waals surface area contributed by atoms with E-state index in [-0.39, 0.29) is 41.6 Å². The Balaban J connectivity index is 1.39. The number of aliphatic hydroxyl groups is 2. The third-order valence-electron chi connectivity index (χ3n) is 8.71. The van der Waals surface area contributed by atoms with Crippen LogP contribution in [0.4, 0.5) is 5.82 Å². The molecule has 1 aliphatic heterocycles. The normalized spacial score (nSPS) is 21.1. The molecule has 0 spiro atoms. The monoisotopic (exact) mass is 945 g/mol. The van der Waals surface area contributed by atoms with Crippen molar-refractivity contribution < 1.29 is 80.5 Å². The molecular formula is C33H54N7O17P3S.